The second-order valence-corrected chi connectivity index (χ2v) is 8.69. The molecule has 0 saturated carbocycles. The van der Waals surface area contributed by atoms with Gasteiger partial charge in [-0.25, -0.2) is 0 Å². The lowest BCUT2D eigenvalue weighted by atomic mass is 9.88. The molecular weight excluding hydrogens is 312 g/mol. The molecule has 1 aliphatic heterocycles. The first-order valence-corrected chi connectivity index (χ1v) is 9.75. The number of hydrogen-bond acceptors (Lipinski definition) is 3. The third kappa shape index (κ3) is 3.31. The van der Waals surface area contributed by atoms with Gasteiger partial charge in [-0.15, -0.1) is 0 Å². The number of rotatable bonds is 3. The molecule has 5 nitrogen and oxygen atoms in total. The van der Waals surface area contributed by atoms with Crippen LogP contribution in [0.3, 0.4) is 0 Å². The molecule has 128 valence electrons. The van der Waals surface area contributed by atoms with Crippen molar-refractivity contribution < 1.29 is 13.2 Å². The molecule has 1 aliphatic carbocycles. The maximum atomic E-state index is 13.1. The molecule has 0 spiro atoms. The molecule has 1 heterocycles. The van der Waals surface area contributed by atoms with Crippen molar-refractivity contribution >= 4 is 10.2 Å². The molecule has 1 aromatic carbocycles. The molecule has 1 aromatic rings. The Morgan fingerprint density at radius 3 is 2.52 bits per heavy atom. The SMILES string of the molecule is C[C@@H]1CN(S(=O)(=O)N(C)[C@H]2CCCc3ccccc32)C[C@@H](C)O1. The summed E-state index contributed by atoms with van der Waals surface area (Å²) in [5, 5.41) is 0. The van der Waals surface area contributed by atoms with E-state index in [-0.39, 0.29) is 18.2 Å². The summed E-state index contributed by atoms with van der Waals surface area (Å²) in [6.45, 7) is 4.69. The fourth-order valence-electron chi connectivity index (χ4n) is 3.77. The third-order valence-electron chi connectivity index (χ3n) is 4.85. The Balaban J connectivity index is 1.86. The molecule has 3 atom stereocenters. The average molecular weight is 338 g/mol. The molecule has 0 bridgehead atoms. The summed E-state index contributed by atoms with van der Waals surface area (Å²) in [6.07, 6.45) is 2.80. The molecule has 0 N–H and O–H groups in total. The first-order chi connectivity index (χ1) is 10.9. The van der Waals surface area contributed by atoms with Gasteiger partial charge in [-0.3, -0.25) is 0 Å². The van der Waals surface area contributed by atoms with E-state index < -0.39 is 10.2 Å². The Labute approximate surface area is 139 Å². The highest BCUT2D eigenvalue weighted by atomic mass is 32.2. The van der Waals surface area contributed by atoms with Gasteiger partial charge in [-0.1, -0.05) is 24.3 Å². The van der Waals surface area contributed by atoms with Gasteiger partial charge in [0.25, 0.3) is 10.2 Å². The van der Waals surface area contributed by atoms with Gasteiger partial charge in [-0.2, -0.15) is 17.0 Å². The quantitative estimate of drug-likeness (QED) is 0.850. The van der Waals surface area contributed by atoms with Crippen LogP contribution < -0.4 is 0 Å². The van der Waals surface area contributed by atoms with Gasteiger partial charge in [0.15, 0.2) is 0 Å². The van der Waals surface area contributed by atoms with Crippen molar-refractivity contribution in [2.75, 3.05) is 20.1 Å². The molecule has 1 fully saturated rings. The minimum absolute atomic E-state index is 0.0689. The number of aryl methyl sites for hydroxylation is 1. The summed E-state index contributed by atoms with van der Waals surface area (Å²) >= 11 is 0. The van der Waals surface area contributed by atoms with E-state index in [1.54, 1.807) is 15.7 Å². The van der Waals surface area contributed by atoms with Crippen LogP contribution in [0, 0.1) is 0 Å². The van der Waals surface area contributed by atoms with Crippen molar-refractivity contribution in [3.8, 4) is 0 Å². The monoisotopic (exact) mass is 338 g/mol. The molecule has 0 aromatic heterocycles. The highest BCUT2D eigenvalue weighted by Gasteiger charge is 2.38. The van der Waals surface area contributed by atoms with Crippen LogP contribution in [-0.4, -0.2) is 49.4 Å². The van der Waals surface area contributed by atoms with Crippen LogP contribution in [0.4, 0.5) is 0 Å². The fourth-order valence-corrected chi connectivity index (χ4v) is 5.47. The zero-order valence-electron chi connectivity index (χ0n) is 14.1. The van der Waals surface area contributed by atoms with Crippen molar-refractivity contribution in [1.29, 1.82) is 0 Å². The molecule has 2 aliphatic rings. The van der Waals surface area contributed by atoms with Crippen molar-refractivity contribution in [2.24, 2.45) is 0 Å². The molecule has 0 unspecified atom stereocenters. The zero-order valence-corrected chi connectivity index (χ0v) is 14.9. The van der Waals surface area contributed by atoms with E-state index in [4.69, 9.17) is 4.74 Å². The molecule has 23 heavy (non-hydrogen) atoms. The molecule has 0 radical (unpaired) electrons. The van der Waals surface area contributed by atoms with Crippen molar-refractivity contribution in [3.63, 3.8) is 0 Å². The number of nitrogens with zero attached hydrogens (tertiary/aromatic N) is 2. The second-order valence-electron chi connectivity index (χ2n) is 6.71. The highest BCUT2D eigenvalue weighted by Crippen LogP contribution is 2.35. The van der Waals surface area contributed by atoms with Gasteiger partial charge in [0.05, 0.1) is 18.2 Å². The smallest absolute Gasteiger partial charge is 0.282 e. The lowest BCUT2D eigenvalue weighted by Crippen LogP contribution is -2.53. The van der Waals surface area contributed by atoms with Crippen LogP contribution in [0.5, 0.6) is 0 Å². The van der Waals surface area contributed by atoms with Crippen LogP contribution in [-0.2, 0) is 21.4 Å². The van der Waals surface area contributed by atoms with E-state index in [0.717, 1.165) is 24.8 Å². The summed E-state index contributed by atoms with van der Waals surface area (Å²) in [7, 11) is -1.77. The maximum Gasteiger partial charge on any atom is 0.282 e. The lowest BCUT2D eigenvalue weighted by molar-refractivity contribution is -0.0456. The number of benzene rings is 1. The van der Waals surface area contributed by atoms with E-state index in [2.05, 4.69) is 12.1 Å². The topological polar surface area (TPSA) is 49.9 Å². The van der Waals surface area contributed by atoms with E-state index in [1.165, 1.54) is 5.56 Å². The Morgan fingerprint density at radius 1 is 1.17 bits per heavy atom. The molecule has 3 rings (SSSR count). The Bertz CT molecular complexity index is 652. The van der Waals surface area contributed by atoms with Gasteiger partial charge in [0.1, 0.15) is 0 Å². The summed E-state index contributed by atoms with van der Waals surface area (Å²) in [6, 6.07) is 8.13. The Kier molecular flexibility index (Phi) is 4.78. The largest absolute Gasteiger partial charge is 0.373 e. The maximum absolute atomic E-state index is 13.1. The fraction of sp³-hybridized carbons (Fsp3) is 0.647. The number of fused-ring (bicyclic) bond motifs is 1. The standard InChI is InChI=1S/C17H26N2O3S/c1-13-11-19(12-14(2)22-13)23(20,21)18(3)17-10-6-8-15-7-4-5-9-16(15)17/h4-5,7,9,13-14,17H,6,8,10-12H2,1-3H3/t13-,14-,17+/m1/s1. The van der Waals surface area contributed by atoms with Gasteiger partial charge in [0.2, 0.25) is 0 Å². The summed E-state index contributed by atoms with van der Waals surface area (Å²) in [5.74, 6) is 0. The van der Waals surface area contributed by atoms with Crippen molar-refractivity contribution in [2.45, 2.75) is 51.4 Å². The summed E-state index contributed by atoms with van der Waals surface area (Å²) in [4.78, 5) is 0. The average Bonchev–Trinajstić information content (AvgIpc) is 2.52. The predicted octanol–water partition coefficient (Wildman–Crippen LogP) is 2.35. The summed E-state index contributed by atoms with van der Waals surface area (Å²) in [5.41, 5.74) is 2.42. The van der Waals surface area contributed by atoms with Crippen LogP contribution in [0.25, 0.3) is 0 Å². The van der Waals surface area contributed by atoms with Gasteiger partial charge in [-0.05, 0) is 44.2 Å². The molecule has 6 heteroatoms. The van der Waals surface area contributed by atoms with E-state index in [9.17, 15) is 8.42 Å². The Morgan fingerprint density at radius 2 is 1.83 bits per heavy atom. The van der Waals surface area contributed by atoms with E-state index >= 15 is 0 Å². The molecule has 0 amide bonds. The van der Waals surface area contributed by atoms with Gasteiger partial charge in [0, 0.05) is 20.1 Å². The second kappa shape index (κ2) is 6.51. The van der Waals surface area contributed by atoms with Gasteiger partial charge >= 0.3 is 0 Å². The number of morpholine rings is 1. The summed E-state index contributed by atoms with van der Waals surface area (Å²) < 4.78 is 35.0. The van der Waals surface area contributed by atoms with E-state index in [1.807, 2.05) is 26.0 Å². The number of ether oxygens (including phenoxy) is 1. The van der Waals surface area contributed by atoms with Crippen molar-refractivity contribution in [3.05, 3.63) is 35.4 Å². The van der Waals surface area contributed by atoms with Crippen LogP contribution in [0.15, 0.2) is 24.3 Å². The zero-order chi connectivity index (χ0) is 16.6. The van der Waals surface area contributed by atoms with Crippen LogP contribution in [0.2, 0.25) is 0 Å². The highest BCUT2D eigenvalue weighted by molar-refractivity contribution is 7.86. The van der Waals surface area contributed by atoms with Gasteiger partial charge < -0.3 is 4.74 Å². The van der Waals surface area contributed by atoms with E-state index in [0.29, 0.717) is 13.1 Å². The van der Waals surface area contributed by atoms with Crippen LogP contribution >= 0.6 is 0 Å². The minimum atomic E-state index is -3.48. The van der Waals surface area contributed by atoms with Crippen molar-refractivity contribution in [1.82, 2.24) is 8.61 Å². The van der Waals surface area contributed by atoms with Crippen LogP contribution in [0.1, 0.15) is 43.9 Å². The molecular formula is C17H26N2O3S. The predicted molar refractivity (Wildman–Crippen MR) is 90.4 cm³/mol. The molecule has 1 saturated heterocycles. The minimum Gasteiger partial charge on any atom is -0.373 e. The lowest BCUT2D eigenvalue weighted by Gasteiger charge is -2.39. The first kappa shape index (κ1) is 16.9. The first-order valence-electron chi connectivity index (χ1n) is 8.36. The number of hydrogen-bond donors (Lipinski definition) is 0. The Hall–Kier alpha value is -0.950. The normalized spacial score (nSPS) is 29.5. The third-order valence-corrected chi connectivity index (χ3v) is 6.79.